The monoisotopic (exact) mass is 271 g/mol. The fourth-order valence-corrected chi connectivity index (χ4v) is 1.59. The molecule has 2 heterocycles. The molecule has 0 bridgehead atoms. The molecular formula is C17H25N3. The van der Waals surface area contributed by atoms with E-state index < -0.39 is 0 Å². The molecule has 0 fully saturated rings. The van der Waals surface area contributed by atoms with Gasteiger partial charge in [0.1, 0.15) is 6.33 Å². The van der Waals surface area contributed by atoms with Gasteiger partial charge in [0.2, 0.25) is 0 Å². The molecule has 0 radical (unpaired) electrons. The van der Waals surface area contributed by atoms with Gasteiger partial charge in [-0.25, -0.2) is 9.97 Å². The van der Waals surface area contributed by atoms with Crippen LogP contribution in [0.3, 0.4) is 0 Å². The minimum absolute atomic E-state index is 0.142. The largest absolute Gasteiger partial charge is 0.265 e. The number of hydrogen-bond acceptors (Lipinski definition) is 3. The van der Waals surface area contributed by atoms with E-state index in [1.165, 1.54) is 5.56 Å². The van der Waals surface area contributed by atoms with Crippen LogP contribution in [0.4, 0.5) is 0 Å². The Hall–Kier alpha value is -1.77. The highest BCUT2D eigenvalue weighted by atomic mass is 14.8. The third-order valence-electron chi connectivity index (χ3n) is 2.90. The Morgan fingerprint density at radius 1 is 0.700 bits per heavy atom. The van der Waals surface area contributed by atoms with Gasteiger partial charge in [-0.15, -0.1) is 0 Å². The Morgan fingerprint density at radius 3 is 1.55 bits per heavy atom. The number of hydrogen-bond donors (Lipinski definition) is 0. The van der Waals surface area contributed by atoms with E-state index in [-0.39, 0.29) is 10.8 Å². The minimum Gasteiger partial charge on any atom is -0.265 e. The van der Waals surface area contributed by atoms with Crippen LogP contribution >= 0.6 is 0 Å². The zero-order valence-electron chi connectivity index (χ0n) is 13.4. The lowest BCUT2D eigenvalue weighted by molar-refractivity contribution is 0.567. The molecule has 0 saturated heterocycles. The minimum atomic E-state index is 0.142. The van der Waals surface area contributed by atoms with Gasteiger partial charge >= 0.3 is 0 Å². The lowest BCUT2D eigenvalue weighted by Crippen LogP contribution is -2.12. The average molecular weight is 271 g/mol. The molecule has 0 amide bonds. The van der Waals surface area contributed by atoms with Crippen LogP contribution in [0.2, 0.25) is 0 Å². The summed E-state index contributed by atoms with van der Waals surface area (Å²) in [5, 5.41) is 0. The molecule has 2 aromatic heterocycles. The maximum atomic E-state index is 4.14. The van der Waals surface area contributed by atoms with Gasteiger partial charge < -0.3 is 0 Å². The topological polar surface area (TPSA) is 38.7 Å². The van der Waals surface area contributed by atoms with E-state index in [0.29, 0.717) is 0 Å². The molecule has 2 rings (SSSR count). The summed E-state index contributed by atoms with van der Waals surface area (Å²) >= 11 is 0. The molecule has 0 aliphatic rings. The normalized spacial score (nSPS) is 11.5. The maximum absolute atomic E-state index is 4.14. The van der Waals surface area contributed by atoms with Gasteiger partial charge in [-0.2, -0.15) is 0 Å². The van der Waals surface area contributed by atoms with E-state index in [1.807, 2.05) is 18.5 Å². The summed E-state index contributed by atoms with van der Waals surface area (Å²) < 4.78 is 0. The molecule has 0 aliphatic carbocycles. The predicted octanol–water partition coefficient (Wildman–Crippen LogP) is 4.15. The van der Waals surface area contributed by atoms with Crippen LogP contribution in [0.1, 0.15) is 52.8 Å². The van der Waals surface area contributed by atoms with E-state index in [4.69, 9.17) is 0 Å². The maximum Gasteiger partial charge on any atom is 0.115 e. The van der Waals surface area contributed by atoms with Crippen molar-refractivity contribution in [2.45, 2.75) is 52.4 Å². The van der Waals surface area contributed by atoms with Crippen LogP contribution in [-0.4, -0.2) is 15.0 Å². The Morgan fingerprint density at radius 2 is 1.25 bits per heavy atom. The van der Waals surface area contributed by atoms with Crippen LogP contribution in [0, 0.1) is 0 Å². The van der Waals surface area contributed by atoms with Crippen molar-refractivity contribution in [3.63, 3.8) is 0 Å². The van der Waals surface area contributed by atoms with Gasteiger partial charge in [-0.3, -0.25) is 4.98 Å². The van der Waals surface area contributed by atoms with Gasteiger partial charge in [0.15, 0.2) is 0 Å². The Labute approximate surface area is 122 Å². The van der Waals surface area contributed by atoms with Crippen LogP contribution in [0.5, 0.6) is 0 Å². The highest BCUT2D eigenvalue weighted by Crippen LogP contribution is 2.20. The summed E-state index contributed by atoms with van der Waals surface area (Å²) in [7, 11) is 0. The molecule has 0 saturated carbocycles. The van der Waals surface area contributed by atoms with Crippen LogP contribution in [-0.2, 0) is 10.8 Å². The Bertz CT molecular complexity index is 444. The lowest BCUT2D eigenvalue weighted by Gasteiger charge is -2.17. The molecular weight excluding hydrogens is 246 g/mol. The van der Waals surface area contributed by atoms with Gasteiger partial charge in [-0.1, -0.05) is 41.5 Å². The summed E-state index contributed by atoms with van der Waals surface area (Å²) in [6, 6.07) is 6.06. The lowest BCUT2D eigenvalue weighted by atomic mass is 9.88. The summed E-state index contributed by atoms with van der Waals surface area (Å²) in [4.78, 5) is 11.9. The quantitative estimate of drug-likeness (QED) is 0.722. The van der Waals surface area contributed by atoms with E-state index in [2.05, 4.69) is 68.6 Å². The van der Waals surface area contributed by atoms with Gasteiger partial charge in [0.05, 0.1) is 0 Å². The van der Waals surface area contributed by atoms with E-state index in [9.17, 15) is 0 Å². The molecule has 0 N–H and O–H groups in total. The SMILES string of the molecule is CC(C)(C)c1ccncc1.CC(C)(C)c1ccncn1. The first-order valence-corrected chi connectivity index (χ1v) is 6.88. The van der Waals surface area contributed by atoms with Crippen molar-refractivity contribution in [1.82, 2.24) is 15.0 Å². The first-order valence-electron chi connectivity index (χ1n) is 6.88. The molecule has 0 unspecified atom stereocenters. The fraction of sp³-hybridized carbons (Fsp3) is 0.471. The van der Waals surface area contributed by atoms with E-state index in [0.717, 1.165) is 5.69 Å². The number of rotatable bonds is 0. The highest BCUT2D eigenvalue weighted by Gasteiger charge is 2.13. The second kappa shape index (κ2) is 6.60. The zero-order chi connectivity index (χ0) is 15.2. The van der Waals surface area contributed by atoms with Crippen molar-refractivity contribution in [1.29, 1.82) is 0 Å². The van der Waals surface area contributed by atoms with Crippen LogP contribution in [0.25, 0.3) is 0 Å². The van der Waals surface area contributed by atoms with Gasteiger partial charge in [-0.05, 0) is 29.2 Å². The Balaban J connectivity index is 0.000000200. The molecule has 20 heavy (non-hydrogen) atoms. The zero-order valence-corrected chi connectivity index (χ0v) is 13.4. The molecule has 3 heteroatoms. The van der Waals surface area contributed by atoms with Crippen molar-refractivity contribution >= 4 is 0 Å². The van der Waals surface area contributed by atoms with Gasteiger partial charge in [0, 0.05) is 29.7 Å². The number of aromatic nitrogens is 3. The smallest absolute Gasteiger partial charge is 0.115 e. The van der Waals surface area contributed by atoms with Gasteiger partial charge in [0.25, 0.3) is 0 Å². The van der Waals surface area contributed by atoms with Crippen molar-refractivity contribution in [2.75, 3.05) is 0 Å². The average Bonchev–Trinajstić information content (AvgIpc) is 2.40. The summed E-state index contributed by atoms with van der Waals surface area (Å²) in [5.74, 6) is 0. The highest BCUT2D eigenvalue weighted by molar-refractivity contribution is 5.18. The second-order valence-corrected chi connectivity index (χ2v) is 6.83. The first kappa shape index (κ1) is 16.3. The summed E-state index contributed by atoms with van der Waals surface area (Å²) in [5.41, 5.74) is 2.82. The molecule has 0 spiro atoms. The van der Waals surface area contributed by atoms with Crippen molar-refractivity contribution in [3.05, 3.63) is 54.4 Å². The van der Waals surface area contributed by atoms with Crippen molar-refractivity contribution < 1.29 is 0 Å². The van der Waals surface area contributed by atoms with Crippen LogP contribution < -0.4 is 0 Å². The fourth-order valence-electron chi connectivity index (χ4n) is 1.59. The summed E-state index contributed by atoms with van der Waals surface area (Å²) in [6.45, 7) is 13.0. The molecule has 0 aliphatic heterocycles. The molecule has 108 valence electrons. The molecule has 0 aromatic carbocycles. The van der Waals surface area contributed by atoms with Crippen LogP contribution in [0.15, 0.2) is 43.1 Å². The molecule has 0 atom stereocenters. The van der Waals surface area contributed by atoms with E-state index in [1.54, 1.807) is 12.5 Å². The number of pyridine rings is 1. The van der Waals surface area contributed by atoms with Crippen molar-refractivity contribution in [2.24, 2.45) is 0 Å². The second-order valence-electron chi connectivity index (χ2n) is 6.83. The molecule has 3 nitrogen and oxygen atoms in total. The Kier molecular flexibility index (Phi) is 5.37. The third kappa shape index (κ3) is 5.47. The molecule has 2 aromatic rings. The third-order valence-corrected chi connectivity index (χ3v) is 2.90. The standard InChI is InChI=1S/C9H13N.C8H12N2/c1-9(2,3)8-4-6-10-7-5-8;1-8(2,3)7-4-5-9-6-10-7/h4-7H,1-3H3;4-6H,1-3H3. The summed E-state index contributed by atoms with van der Waals surface area (Å²) in [6.07, 6.45) is 7.02. The number of nitrogens with zero attached hydrogens (tertiary/aromatic N) is 3. The predicted molar refractivity (Wildman–Crippen MR) is 83.7 cm³/mol. The first-order chi connectivity index (χ1) is 9.21. The van der Waals surface area contributed by atoms with Crippen molar-refractivity contribution in [3.8, 4) is 0 Å². The van der Waals surface area contributed by atoms with E-state index >= 15 is 0 Å².